The number of aliphatic carboxylic acids is 1. The quantitative estimate of drug-likeness (QED) is 0.364. The van der Waals surface area contributed by atoms with E-state index < -0.39 is 23.6 Å². The summed E-state index contributed by atoms with van der Waals surface area (Å²) in [5.41, 5.74) is 1.45. The summed E-state index contributed by atoms with van der Waals surface area (Å²) in [7, 11) is 0. The molecule has 1 fully saturated rings. The molecule has 0 saturated heterocycles. The Balaban J connectivity index is 2.81. The average Bonchev–Trinajstić information content (AvgIpc) is 2.58. The number of aliphatic hydroxyl groups is 1. The van der Waals surface area contributed by atoms with Crippen LogP contribution in [0.5, 0.6) is 0 Å². The van der Waals surface area contributed by atoms with E-state index in [0.29, 0.717) is 5.92 Å². The van der Waals surface area contributed by atoms with Gasteiger partial charge in [-0.05, 0) is 63.4 Å². The molecule has 164 valence electrons. The smallest absolute Gasteiger partial charge is 0.306 e. The lowest BCUT2D eigenvalue weighted by atomic mass is 9.65. The van der Waals surface area contributed by atoms with Crippen LogP contribution in [0.2, 0.25) is 0 Å². The molecule has 0 amide bonds. The van der Waals surface area contributed by atoms with Crippen LogP contribution in [0.25, 0.3) is 0 Å². The molecule has 0 aliphatic heterocycles. The zero-order valence-corrected chi connectivity index (χ0v) is 18.5. The lowest BCUT2D eigenvalue weighted by Crippen LogP contribution is -2.30. The van der Waals surface area contributed by atoms with E-state index in [1.807, 2.05) is 13.0 Å². The van der Waals surface area contributed by atoms with Gasteiger partial charge >= 0.3 is 11.9 Å². The Labute approximate surface area is 175 Å². The fourth-order valence-corrected chi connectivity index (χ4v) is 4.10. The van der Waals surface area contributed by atoms with Crippen LogP contribution >= 0.6 is 0 Å². The fraction of sp³-hybridized carbons (Fsp3) is 0.667. The van der Waals surface area contributed by atoms with E-state index in [0.717, 1.165) is 24.8 Å². The minimum Gasteiger partial charge on any atom is -0.481 e. The SMILES string of the molecule is C=C[C@@](C)(O)C[C@@H](/C=C(\C)CC[C@H]1C(=C)CCCC1(C)C)OC(=O)CCC(=O)O. The van der Waals surface area contributed by atoms with Crippen LogP contribution in [0, 0.1) is 11.3 Å². The van der Waals surface area contributed by atoms with Crippen molar-refractivity contribution in [3.63, 3.8) is 0 Å². The molecule has 2 N–H and O–H groups in total. The Morgan fingerprint density at radius 3 is 2.55 bits per heavy atom. The van der Waals surface area contributed by atoms with Crippen LogP contribution < -0.4 is 0 Å². The zero-order chi connectivity index (χ0) is 22.2. The minimum absolute atomic E-state index is 0.175. The lowest BCUT2D eigenvalue weighted by Gasteiger charge is -2.40. The van der Waals surface area contributed by atoms with E-state index in [-0.39, 0.29) is 24.7 Å². The molecule has 1 rings (SSSR count). The number of rotatable bonds is 11. The molecular formula is C24H38O5. The number of carboxylic acids is 1. The summed E-state index contributed by atoms with van der Waals surface area (Å²) < 4.78 is 5.46. The van der Waals surface area contributed by atoms with E-state index in [1.54, 1.807) is 6.92 Å². The van der Waals surface area contributed by atoms with Crippen LogP contribution in [0.15, 0.2) is 36.5 Å². The Bertz CT molecular complexity index is 642. The van der Waals surface area contributed by atoms with Crippen molar-refractivity contribution in [2.24, 2.45) is 11.3 Å². The maximum atomic E-state index is 12.0. The van der Waals surface area contributed by atoms with E-state index in [2.05, 4.69) is 27.0 Å². The van der Waals surface area contributed by atoms with Crippen molar-refractivity contribution in [2.45, 2.75) is 90.8 Å². The van der Waals surface area contributed by atoms with Crippen LogP contribution in [-0.2, 0) is 14.3 Å². The number of esters is 1. The Morgan fingerprint density at radius 1 is 1.34 bits per heavy atom. The number of carbonyl (C=O) groups excluding carboxylic acids is 1. The van der Waals surface area contributed by atoms with E-state index in [9.17, 15) is 14.7 Å². The molecule has 0 aromatic carbocycles. The predicted molar refractivity (Wildman–Crippen MR) is 115 cm³/mol. The Kier molecular flexibility index (Phi) is 9.34. The first kappa shape index (κ1) is 25.2. The van der Waals surface area contributed by atoms with E-state index >= 15 is 0 Å². The Hall–Kier alpha value is -1.88. The first-order valence-corrected chi connectivity index (χ1v) is 10.5. The van der Waals surface area contributed by atoms with Gasteiger partial charge in [0, 0.05) is 6.42 Å². The van der Waals surface area contributed by atoms with Gasteiger partial charge in [-0.3, -0.25) is 9.59 Å². The molecule has 0 bridgehead atoms. The molecule has 0 aromatic heterocycles. The van der Waals surface area contributed by atoms with Crippen molar-refractivity contribution in [2.75, 3.05) is 0 Å². The molecule has 5 heteroatoms. The van der Waals surface area contributed by atoms with Gasteiger partial charge in [-0.15, -0.1) is 6.58 Å². The third-order valence-electron chi connectivity index (χ3n) is 5.93. The maximum absolute atomic E-state index is 12.0. The summed E-state index contributed by atoms with van der Waals surface area (Å²) in [6.07, 6.45) is 7.70. The molecule has 1 aliphatic rings. The van der Waals surface area contributed by atoms with E-state index in [1.165, 1.54) is 24.5 Å². The molecule has 0 spiro atoms. The highest BCUT2D eigenvalue weighted by Gasteiger charge is 2.34. The molecular weight excluding hydrogens is 368 g/mol. The van der Waals surface area contributed by atoms with Gasteiger partial charge in [-0.25, -0.2) is 0 Å². The van der Waals surface area contributed by atoms with Gasteiger partial charge in [0.2, 0.25) is 0 Å². The largest absolute Gasteiger partial charge is 0.481 e. The van der Waals surface area contributed by atoms with Gasteiger partial charge in [-0.1, -0.05) is 37.6 Å². The van der Waals surface area contributed by atoms with Crippen molar-refractivity contribution in [3.8, 4) is 0 Å². The summed E-state index contributed by atoms with van der Waals surface area (Å²) in [5.74, 6) is -1.16. The van der Waals surface area contributed by atoms with Gasteiger partial charge in [0.05, 0.1) is 18.4 Å². The summed E-state index contributed by atoms with van der Waals surface area (Å²) in [6, 6.07) is 0. The average molecular weight is 407 g/mol. The predicted octanol–water partition coefficient (Wildman–Crippen LogP) is 5.20. The lowest BCUT2D eigenvalue weighted by molar-refractivity contribution is -0.151. The van der Waals surface area contributed by atoms with Crippen molar-refractivity contribution in [1.82, 2.24) is 0 Å². The maximum Gasteiger partial charge on any atom is 0.306 e. The van der Waals surface area contributed by atoms with Crippen LogP contribution in [0.4, 0.5) is 0 Å². The second-order valence-corrected chi connectivity index (χ2v) is 9.29. The Morgan fingerprint density at radius 2 is 2.00 bits per heavy atom. The number of hydrogen-bond acceptors (Lipinski definition) is 4. The molecule has 0 aromatic rings. The van der Waals surface area contributed by atoms with Gasteiger partial charge < -0.3 is 14.9 Å². The van der Waals surface area contributed by atoms with Gasteiger partial charge in [0.1, 0.15) is 6.10 Å². The summed E-state index contributed by atoms with van der Waals surface area (Å²) in [4.78, 5) is 22.7. The molecule has 1 aliphatic carbocycles. The summed E-state index contributed by atoms with van der Waals surface area (Å²) in [5, 5.41) is 19.1. The number of carbonyl (C=O) groups is 2. The van der Waals surface area contributed by atoms with Crippen LogP contribution in [-0.4, -0.2) is 33.9 Å². The number of carboxylic acid groups (broad SMARTS) is 1. The first-order valence-electron chi connectivity index (χ1n) is 10.5. The van der Waals surface area contributed by atoms with Crippen molar-refractivity contribution >= 4 is 11.9 Å². The summed E-state index contributed by atoms with van der Waals surface area (Å²) in [6.45, 7) is 16.1. The van der Waals surface area contributed by atoms with Gasteiger partial charge in [0.15, 0.2) is 0 Å². The van der Waals surface area contributed by atoms with Crippen LogP contribution in [0.3, 0.4) is 0 Å². The van der Waals surface area contributed by atoms with Gasteiger partial charge in [0.25, 0.3) is 0 Å². The van der Waals surface area contributed by atoms with Crippen molar-refractivity contribution in [1.29, 1.82) is 0 Å². The molecule has 3 atom stereocenters. The third-order valence-corrected chi connectivity index (χ3v) is 5.93. The molecule has 5 nitrogen and oxygen atoms in total. The summed E-state index contributed by atoms with van der Waals surface area (Å²) >= 11 is 0. The highest BCUT2D eigenvalue weighted by Crippen LogP contribution is 2.45. The number of allylic oxidation sites excluding steroid dienone is 2. The monoisotopic (exact) mass is 406 g/mol. The molecule has 1 saturated carbocycles. The minimum atomic E-state index is -1.19. The van der Waals surface area contributed by atoms with Crippen LogP contribution in [0.1, 0.15) is 79.1 Å². The highest BCUT2D eigenvalue weighted by atomic mass is 16.5. The highest BCUT2D eigenvalue weighted by molar-refractivity contribution is 5.76. The number of hydrogen-bond donors (Lipinski definition) is 2. The second kappa shape index (κ2) is 10.8. The first-order chi connectivity index (χ1) is 13.4. The molecule has 0 unspecified atom stereocenters. The van der Waals surface area contributed by atoms with Crippen molar-refractivity contribution < 1.29 is 24.5 Å². The second-order valence-electron chi connectivity index (χ2n) is 9.29. The zero-order valence-electron chi connectivity index (χ0n) is 18.5. The molecule has 29 heavy (non-hydrogen) atoms. The third kappa shape index (κ3) is 8.99. The fourth-order valence-electron chi connectivity index (χ4n) is 4.10. The number of ether oxygens (including phenoxy) is 1. The molecule has 0 radical (unpaired) electrons. The van der Waals surface area contributed by atoms with E-state index in [4.69, 9.17) is 9.84 Å². The molecule has 0 heterocycles. The standard InChI is InChI=1S/C24H38O5/c1-7-24(6,28)16-19(29-22(27)13-12-21(25)26)15-17(2)10-11-20-18(3)9-8-14-23(20,4)5/h7,15,19-20,28H,1,3,8-14,16H2,2,4-6H3,(H,25,26)/b17-15+/t19-,20+,24-/m1/s1. The topological polar surface area (TPSA) is 83.8 Å². The normalized spacial score (nSPS) is 22.4. The van der Waals surface area contributed by atoms with Gasteiger partial charge in [-0.2, -0.15) is 0 Å². The van der Waals surface area contributed by atoms with Crippen molar-refractivity contribution in [3.05, 3.63) is 36.5 Å².